The molecule has 2 heterocycles. The van der Waals surface area contributed by atoms with Crippen LogP contribution in [0.3, 0.4) is 0 Å². The summed E-state index contributed by atoms with van der Waals surface area (Å²) >= 11 is 0. The van der Waals surface area contributed by atoms with E-state index in [1.165, 1.54) is 0 Å². The zero-order valence-electron chi connectivity index (χ0n) is 14.6. The minimum Gasteiger partial charge on any atom is -0.495 e. The van der Waals surface area contributed by atoms with Gasteiger partial charge in [0, 0.05) is 17.6 Å². The summed E-state index contributed by atoms with van der Waals surface area (Å²) in [6, 6.07) is 15.3. The molecule has 0 unspecified atom stereocenters. The molecule has 0 aliphatic carbocycles. The Hall–Kier alpha value is -3.08. The third kappa shape index (κ3) is 3.40. The fourth-order valence-corrected chi connectivity index (χ4v) is 2.95. The summed E-state index contributed by atoms with van der Waals surface area (Å²) in [6.07, 6.45) is 1.72. The second kappa shape index (κ2) is 7.21. The van der Waals surface area contributed by atoms with Gasteiger partial charge in [-0.15, -0.1) is 0 Å². The first-order valence-electron chi connectivity index (χ1n) is 8.12. The number of methoxy groups -OCH3 is 1. The first-order chi connectivity index (χ1) is 12.1. The number of para-hydroxylation sites is 2. The van der Waals surface area contributed by atoms with Crippen LogP contribution in [0.1, 0.15) is 27.4 Å². The van der Waals surface area contributed by atoms with Crippen molar-refractivity contribution in [1.82, 2.24) is 14.9 Å². The molecule has 1 amide bonds. The number of hydrogen-bond donors (Lipinski definition) is 1. The molecule has 3 rings (SSSR count). The van der Waals surface area contributed by atoms with E-state index in [0.717, 1.165) is 28.5 Å². The second-order valence-corrected chi connectivity index (χ2v) is 5.80. The normalized spacial score (nSPS) is 10.5. The van der Waals surface area contributed by atoms with Gasteiger partial charge in [-0.3, -0.25) is 9.78 Å². The van der Waals surface area contributed by atoms with Crippen molar-refractivity contribution in [3.8, 4) is 11.4 Å². The Balaban J connectivity index is 1.88. The largest absolute Gasteiger partial charge is 0.495 e. The van der Waals surface area contributed by atoms with Gasteiger partial charge in [0.25, 0.3) is 5.91 Å². The first kappa shape index (κ1) is 16.8. The Bertz CT molecular complexity index is 885. The number of pyridine rings is 1. The average Bonchev–Trinajstić information content (AvgIpc) is 2.95. The Morgan fingerprint density at radius 3 is 2.64 bits per heavy atom. The Kier molecular flexibility index (Phi) is 4.84. The molecule has 0 saturated carbocycles. The molecule has 1 aromatic carbocycles. The van der Waals surface area contributed by atoms with Crippen molar-refractivity contribution in [3.63, 3.8) is 0 Å². The van der Waals surface area contributed by atoms with Crippen LogP contribution in [0, 0.1) is 13.8 Å². The molecule has 0 bridgehead atoms. The molecule has 0 spiro atoms. The van der Waals surface area contributed by atoms with Crippen LogP contribution in [0.15, 0.2) is 54.7 Å². The van der Waals surface area contributed by atoms with Crippen LogP contribution >= 0.6 is 0 Å². The number of nitrogens with zero attached hydrogens (tertiary/aromatic N) is 2. The summed E-state index contributed by atoms with van der Waals surface area (Å²) < 4.78 is 7.49. The molecular weight excluding hydrogens is 314 g/mol. The maximum absolute atomic E-state index is 12.6. The highest BCUT2D eigenvalue weighted by Gasteiger charge is 2.18. The van der Waals surface area contributed by atoms with Gasteiger partial charge in [-0.05, 0) is 44.2 Å². The molecule has 0 aliphatic rings. The number of rotatable bonds is 5. The summed E-state index contributed by atoms with van der Waals surface area (Å²) in [5, 5.41) is 2.93. The molecule has 2 aromatic heterocycles. The smallest absolute Gasteiger partial charge is 0.253 e. The fourth-order valence-electron chi connectivity index (χ4n) is 2.95. The lowest BCUT2D eigenvalue weighted by Gasteiger charge is -2.14. The van der Waals surface area contributed by atoms with Crippen molar-refractivity contribution in [2.24, 2.45) is 0 Å². The van der Waals surface area contributed by atoms with E-state index in [0.29, 0.717) is 12.1 Å². The van der Waals surface area contributed by atoms with Gasteiger partial charge in [-0.25, -0.2) is 0 Å². The number of aromatic nitrogens is 2. The molecule has 0 fully saturated rings. The highest BCUT2D eigenvalue weighted by Crippen LogP contribution is 2.27. The summed E-state index contributed by atoms with van der Waals surface area (Å²) in [6.45, 7) is 4.32. The predicted molar refractivity (Wildman–Crippen MR) is 97.2 cm³/mol. The van der Waals surface area contributed by atoms with Crippen LogP contribution in [0.5, 0.6) is 5.75 Å². The van der Waals surface area contributed by atoms with Crippen molar-refractivity contribution < 1.29 is 9.53 Å². The standard InChI is InChI=1S/C20H21N3O2/c1-14-12-17(20(24)22-13-16-8-6-7-11-21-16)15(2)23(14)18-9-4-5-10-19(18)25-3/h4-12H,13H2,1-3H3,(H,22,24). The third-order valence-electron chi connectivity index (χ3n) is 4.16. The third-order valence-corrected chi connectivity index (χ3v) is 4.16. The van der Waals surface area contributed by atoms with Gasteiger partial charge in [-0.2, -0.15) is 0 Å². The lowest BCUT2D eigenvalue weighted by Crippen LogP contribution is -2.23. The highest BCUT2D eigenvalue weighted by molar-refractivity contribution is 5.95. The average molecular weight is 335 g/mol. The lowest BCUT2D eigenvalue weighted by molar-refractivity contribution is 0.0950. The zero-order valence-corrected chi connectivity index (χ0v) is 14.6. The molecule has 1 N–H and O–H groups in total. The Morgan fingerprint density at radius 2 is 1.92 bits per heavy atom. The molecule has 0 aliphatic heterocycles. The van der Waals surface area contributed by atoms with Crippen LogP contribution < -0.4 is 10.1 Å². The quantitative estimate of drug-likeness (QED) is 0.777. The van der Waals surface area contributed by atoms with E-state index in [9.17, 15) is 4.79 Å². The van der Waals surface area contributed by atoms with Crippen LogP contribution in [-0.2, 0) is 6.54 Å². The number of carbonyl (C=O) groups is 1. The van der Waals surface area contributed by atoms with Crippen LogP contribution in [0.25, 0.3) is 5.69 Å². The number of amides is 1. The van der Waals surface area contributed by atoms with Crippen LogP contribution in [-0.4, -0.2) is 22.6 Å². The highest BCUT2D eigenvalue weighted by atomic mass is 16.5. The second-order valence-electron chi connectivity index (χ2n) is 5.80. The minimum atomic E-state index is -0.111. The number of benzene rings is 1. The van der Waals surface area contributed by atoms with Gasteiger partial charge in [0.15, 0.2) is 0 Å². The SMILES string of the molecule is COc1ccccc1-n1c(C)cc(C(=O)NCc2ccccn2)c1C. The molecule has 0 saturated heterocycles. The maximum atomic E-state index is 12.6. The van der Waals surface area contributed by atoms with E-state index >= 15 is 0 Å². The van der Waals surface area contributed by atoms with Gasteiger partial charge >= 0.3 is 0 Å². The van der Waals surface area contributed by atoms with Gasteiger partial charge in [-0.1, -0.05) is 18.2 Å². The summed E-state index contributed by atoms with van der Waals surface area (Å²) in [7, 11) is 1.65. The van der Waals surface area contributed by atoms with Gasteiger partial charge < -0.3 is 14.6 Å². The Morgan fingerprint density at radius 1 is 1.16 bits per heavy atom. The number of nitrogens with one attached hydrogen (secondary N) is 1. The van der Waals surface area contributed by atoms with Crippen molar-refractivity contribution in [2.45, 2.75) is 20.4 Å². The van der Waals surface area contributed by atoms with E-state index in [1.807, 2.05) is 66.9 Å². The topological polar surface area (TPSA) is 56.1 Å². The number of aryl methyl sites for hydroxylation is 1. The van der Waals surface area contributed by atoms with Gasteiger partial charge in [0.2, 0.25) is 0 Å². The van der Waals surface area contributed by atoms with Crippen molar-refractivity contribution in [3.05, 3.63) is 77.4 Å². The lowest BCUT2D eigenvalue weighted by atomic mass is 10.2. The van der Waals surface area contributed by atoms with E-state index in [4.69, 9.17) is 4.74 Å². The van der Waals surface area contributed by atoms with Crippen molar-refractivity contribution in [1.29, 1.82) is 0 Å². The summed E-state index contributed by atoms with van der Waals surface area (Å²) in [5.74, 6) is 0.657. The van der Waals surface area contributed by atoms with Crippen LogP contribution in [0.2, 0.25) is 0 Å². The first-order valence-corrected chi connectivity index (χ1v) is 8.12. The molecule has 5 heteroatoms. The summed E-state index contributed by atoms with van der Waals surface area (Å²) in [5.41, 5.74) is 4.25. The van der Waals surface area contributed by atoms with Gasteiger partial charge in [0.1, 0.15) is 5.75 Å². The molecule has 128 valence electrons. The van der Waals surface area contributed by atoms with Gasteiger partial charge in [0.05, 0.1) is 30.6 Å². The zero-order chi connectivity index (χ0) is 17.8. The van der Waals surface area contributed by atoms with E-state index in [-0.39, 0.29) is 5.91 Å². The molecule has 5 nitrogen and oxygen atoms in total. The molecular formula is C20H21N3O2. The van der Waals surface area contributed by atoms with Crippen molar-refractivity contribution in [2.75, 3.05) is 7.11 Å². The van der Waals surface area contributed by atoms with E-state index in [1.54, 1.807) is 13.3 Å². The molecule has 3 aromatic rings. The maximum Gasteiger partial charge on any atom is 0.253 e. The predicted octanol–water partition coefficient (Wildman–Crippen LogP) is 3.43. The Labute approximate surface area is 147 Å². The van der Waals surface area contributed by atoms with E-state index in [2.05, 4.69) is 10.3 Å². The monoisotopic (exact) mass is 335 g/mol. The fraction of sp³-hybridized carbons (Fsp3) is 0.200. The number of carbonyl (C=O) groups excluding carboxylic acids is 1. The van der Waals surface area contributed by atoms with E-state index < -0.39 is 0 Å². The number of hydrogen-bond acceptors (Lipinski definition) is 3. The molecule has 0 atom stereocenters. The summed E-state index contributed by atoms with van der Waals surface area (Å²) in [4.78, 5) is 16.8. The number of ether oxygens (including phenoxy) is 1. The minimum absolute atomic E-state index is 0.111. The van der Waals surface area contributed by atoms with Crippen molar-refractivity contribution >= 4 is 5.91 Å². The molecule has 25 heavy (non-hydrogen) atoms. The molecule has 0 radical (unpaired) electrons. The van der Waals surface area contributed by atoms with Crippen LogP contribution in [0.4, 0.5) is 0 Å².